The topological polar surface area (TPSA) is 97.5 Å². The van der Waals surface area contributed by atoms with Gasteiger partial charge < -0.3 is 24.8 Å². The van der Waals surface area contributed by atoms with Gasteiger partial charge in [-0.2, -0.15) is 5.10 Å². The predicted molar refractivity (Wildman–Crippen MR) is 109 cm³/mol. The molecule has 8 heteroatoms. The number of hydrogen-bond acceptors (Lipinski definition) is 5. The molecule has 2 heterocycles. The van der Waals surface area contributed by atoms with Crippen LogP contribution in [-0.4, -0.2) is 42.7 Å². The predicted octanol–water partition coefficient (Wildman–Crippen LogP) is 3.45. The van der Waals surface area contributed by atoms with Gasteiger partial charge in [-0.1, -0.05) is 6.07 Å². The third-order valence-corrected chi connectivity index (χ3v) is 4.83. The molecule has 0 saturated carbocycles. The standard InChI is InChI=1S/C21H24N4O4/c1-27-20-9-14(4-7-19(20)29-13-17-3-2-8-28-17)11-22-21(26)24-16-5-6-18-15(10-16)12-23-25-18/h4-7,9-10,12,17H,2-3,8,11,13H2,1H3,(H,23,25)(H2,22,24,26). The third kappa shape index (κ3) is 4.78. The molecule has 152 valence electrons. The molecule has 3 N–H and O–H groups in total. The van der Waals surface area contributed by atoms with E-state index in [1.807, 2.05) is 36.4 Å². The minimum atomic E-state index is -0.287. The van der Waals surface area contributed by atoms with Gasteiger partial charge in [0.2, 0.25) is 0 Å². The summed E-state index contributed by atoms with van der Waals surface area (Å²) in [6.07, 6.45) is 3.96. The Morgan fingerprint density at radius 3 is 3.03 bits per heavy atom. The fourth-order valence-electron chi connectivity index (χ4n) is 3.28. The van der Waals surface area contributed by atoms with E-state index in [1.54, 1.807) is 13.3 Å². The summed E-state index contributed by atoms with van der Waals surface area (Å²) in [6, 6.07) is 10.9. The monoisotopic (exact) mass is 396 g/mol. The molecule has 1 fully saturated rings. The molecule has 1 aliphatic rings. The van der Waals surface area contributed by atoms with Gasteiger partial charge in [-0.15, -0.1) is 0 Å². The molecule has 1 saturated heterocycles. The van der Waals surface area contributed by atoms with Crippen LogP contribution >= 0.6 is 0 Å². The summed E-state index contributed by atoms with van der Waals surface area (Å²) in [5, 5.41) is 13.5. The molecule has 1 atom stereocenters. The number of nitrogens with one attached hydrogen (secondary N) is 3. The van der Waals surface area contributed by atoms with Gasteiger partial charge in [0, 0.05) is 24.2 Å². The second kappa shape index (κ2) is 8.83. The maximum atomic E-state index is 12.2. The van der Waals surface area contributed by atoms with E-state index < -0.39 is 0 Å². The van der Waals surface area contributed by atoms with Crippen LogP contribution in [0.1, 0.15) is 18.4 Å². The lowest BCUT2D eigenvalue weighted by molar-refractivity contribution is 0.0669. The largest absolute Gasteiger partial charge is 0.493 e. The van der Waals surface area contributed by atoms with E-state index in [4.69, 9.17) is 14.2 Å². The molecule has 1 aromatic heterocycles. The van der Waals surface area contributed by atoms with Crippen molar-refractivity contribution in [1.82, 2.24) is 15.5 Å². The number of aromatic amines is 1. The van der Waals surface area contributed by atoms with Crippen molar-refractivity contribution < 1.29 is 19.0 Å². The van der Waals surface area contributed by atoms with Crippen molar-refractivity contribution in [3.8, 4) is 11.5 Å². The minimum Gasteiger partial charge on any atom is -0.493 e. The summed E-state index contributed by atoms with van der Waals surface area (Å²) in [5.41, 5.74) is 2.53. The van der Waals surface area contributed by atoms with Crippen molar-refractivity contribution in [2.75, 3.05) is 25.6 Å². The van der Waals surface area contributed by atoms with E-state index in [1.165, 1.54) is 0 Å². The van der Waals surface area contributed by atoms with Gasteiger partial charge in [0.05, 0.1) is 24.9 Å². The highest BCUT2D eigenvalue weighted by molar-refractivity contribution is 5.92. The molecule has 0 radical (unpaired) electrons. The van der Waals surface area contributed by atoms with Crippen LogP contribution in [0.2, 0.25) is 0 Å². The van der Waals surface area contributed by atoms with Gasteiger partial charge in [-0.05, 0) is 48.7 Å². The molecule has 1 aliphatic heterocycles. The van der Waals surface area contributed by atoms with Crippen molar-refractivity contribution in [2.24, 2.45) is 0 Å². The number of nitrogens with zero attached hydrogens (tertiary/aromatic N) is 1. The van der Waals surface area contributed by atoms with Crippen molar-refractivity contribution in [1.29, 1.82) is 0 Å². The average Bonchev–Trinajstić information content (AvgIpc) is 3.42. The first kappa shape index (κ1) is 19.1. The van der Waals surface area contributed by atoms with Crippen LogP contribution in [0.25, 0.3) is 10.9 Å². The number of H-pyrrole nitrogens is 1. The number of rotatable bonds is 7. The lowest BCUT2D eigenvalue weighted by Crippen LogP contribution is -2.28. The molecule has 4 rings (SSSR count). The number of amides is 2. The summed E-state index contributed by atoms with van der Waals surface area (Å²) >= 11 is 0. The van der Waals surface area contributed by atoms with Crippen molar-refractivity contribution >= 4 is 22.6 Å². The van der Waals surface area contributed by atoms with Crippen LogP contribution < -0.4 is 20.1 Å². The zero-order valence-electron chi connectivity index (χ0n) is 16.2. The Morgan fingerprint density at radius 1 is 1.28 bits per heavy atom. The van der Waals surface area contributed by atoms with Gasteiger partial charge in [0.25, 0.3) is 0 Å². The first-order chi connectivity index (χ1) is 14.2. The number of aromatic nitrogens is 2. The lowest BCUT2D eigenvalue weighted by atomic mass is 10.2. The smallest absolute Gasteiger partial charge is 0.319 e. The summed E-state index contributed by atoms with van der Waals surface area (Å²) in [5.74, 6) is 1.30. The molecular weight excluding hydrogens is 372 g/mol. The molecule has 8 nitrogen and oxygen atoms in total. The number of benzene rings is 2. The first-order valence-corrected chi connectivity index (χ1v) is 9.60. The van der Waals surface area contributed by atoms with Crippen LogP contribution in [0, 0.1) is 0 Å². The number of anilines is 1. The molecule has 29 heavy (non-hydrogen) atoms. The van der Waals surface area contributed by atoms with E-state index in [0.717, 1.165) is 35.9 Å². The summed E-state index contributed by atoms with van der Waals surface area (Å²) in [7, 11) is 1.60. The Kier molecular flexibility index (Phi) is 5.81. The Hall–Kier alpha value is -3.26. The number of hydrogen-bond donors (Lipinski definition) is 3. The van der Waals surface area contributed by atoms with E-state index >= 15 is 0 Å². The highest BCUT2D eigenvalue weighted by Gasteiger charge is 2.17. The highest BCUT2D eigenvalue weighted by Crippen LogP contribution is 2.29. The van der Waals surface area contributed by atoms with Crippen molar-refractivity contribution in [2.45, 2.75) is 25.5 Å². The summed E-state index contributed by atoms with van der Waals surface area (Å²) in [4.78, 5) is 12.2. The van der Waals surface area contributed by atoms with Crippen LogP contribution in [0.5, 0.6) is 11.5 Å². The second-order valence-electron chi connectivity index (χ2n) is 6.91. The number of ether oxygens (including phenoxy) is 3. The van der Waals surface area contributed by atoms with Crippen LogP contribution in [-0.2, 0) is 11.3 Å². The molecule has 0 bridgehead atoms. The highest BCUT2D eigenvalue weighted by atomic mass is 16.5. The number of carbonyl (C=O) groups is 1. The Bertz CT molecular complexity index is 982. The van der Waals surface area contributed by atoms with Crippen LogP contribution in [0.3, 0.4) is 0 Å². The average molecular weight is 396 g/mol. The van der Waals surface area contributed by atoms with E-state index in [9.17, 15) is 4.79 Å². The van der Waals surface area contributed by atoms with E-state index in [0.29, 0.717) is 30.3 Å². The maximum Gasteiger partial charge on any atom is 0.319 e. The molecule has 3 aromatic rings. The van der Waals surface area contributed by atoms with Crippen LogP contribution in [0.4, 0.5) is 10.5 Å². The van der Waals surface area contributed by atoms with Gasteiger partial charge in [0.1, 0.15) is 6.61 Å². The molecule has 0 aliphatic carbocycles. The number of urea groups is 1. The maximum absolute atomic E-state index is 12.2. The Morgan fingerprint density at radius 2 is 2.21 bits per heavy atom. The normalized spacial score (nSPS) is 16.0. The number of methoxy groups -OCH3 is 1. The molecule has 0 spiro atoms. The third-order valence-electron chi connectivity index (χ3n) is 4.83. The lowest BCUT2D eigenvalue weighted by Gasteiger charge is -2.15. The van der Waals surface area contributed by atoms with E-state index in [2.05, 4.69) is 20.8 Å². The quantitative estimate of drug-likeness (QED) is 0.568. The fourth-order valence-corrected chi connectivity index (χ4v) is 3.28. The van der Waals surface area contributed by atoms with Crippen molar-refractivity contribution in [3.05, 3.63) is 48.2 Å². The fraction of sp³-hybridized carbons (Fsp3) is 0.333. The Labute approximate surface area is 168 Å². The minimum absolute atomic E-state index is 0.144. The van der Waals surface area contributed by atoms with Gasteiger partial charge in [0.15, 0.2) is 11.5 Å². The SMILES string of the molecule is COc1cc(CNC(=O)Nc2ccc3[nH]ncc3c2)ccc1OCC1CCCO1. The van der Waals surface area contributed by atoms with Gasteiger partial charge >= 0.3 is 6.03 Å². The molecule has 2 amide bonds. The molecule has 1 unspecified atom stereocenters. The van der Waals surface area contributed by atoms with Gasteiger partial charge in [-0.3, -0.25) is 5.10 Å². The number of fused-ring (bicyclic) bond motifs is 1. The zero-order chi connectivity index (χ0) is 20.1. The molecule has 2 aromatic carbocycles. The second-order valence-corrected chi connectivity index (χ2v) is 6.91. The summed E-state index contributed by atoms with van der Waals surface area (Å²) in [6.45, 7) is 1.67. The van der Waals surface area contributed by atoms with Crippen molar-refractivity contribution in [3.63, 3.8) is 0 Å². The van der Waals surface area contributed by atoms with E-state index in [-0.39, 0.29) is 12.1 Å². The number of carbonyl (C=O) groups excluding carboxylic acids is 1. The van der Waals surface area contributed by atoms with Crippen LogP contribution in [0.15, 0.2) is 42.6 Å². The van der Waals surface area contributed by atoms with Gasteiger partial charge in [-0.25, -0.2) is 4.79 Å². The Balaban J connectivity index is 1.31. The molecular formula is C21H24N4O4. The summed E-state index contributed by atoms with van der Waals surface area (Å²) < 4.78 is 16.9. The zero-order valence-corrected chi connectivity index (χ0v) is 16.2. The first-order valence-electron chi connectivity index (χ1n) is 9.60.